The predicted octanol–water partition coefficient (Wildman–Crippen LogP) is 5.56. The monoisotopic (exact) mass is 731 g/mol. The SMILES string of the molecule is CC(=O)OC1CC(=O)N1c1ccc2c(c1)[C@]1(O[C@@H](CC(=O)N(CCO)Cc3ccccc3)[C@H]([Si](C)(C)O)[C@H]1C)C(=O)N2C/C=C(\C)CCC=C(C)C. The number of benzene rings is 2. The van der Waals surface area contributed by atoms with Crippen molar-refractivity contribution in [1.29, 1.82) is 0 Å². The van der Waals surface area contributed by atoms with E-state index in [0.717, 1.165) is 24.0 Å². The second kappa shape index (κ2) is 15.9. The number of rotatable bonds is 14. The van der Waals surface area contributed by atoms with Crippen LogP contribution in [0.5, 0.6) is 0 Å². The van der Waals surface area contributed by atoms with Gasteiger partial charge >= 0.3 is 5.97 Å². The minimum Gasteiger partial charge on any atom is -0.441 e. The molecule has 5 atom stereocenters. The van der Waals surface area contributed by atoms with Crippen molar-refractivity contribution in [3.05, 3.63) is 83.0 Å². The van der Waals surface area contributed by atoms with Crippen LogP contribution in [0.25, 0.3) is 0 Å². The summed E-state index contributed by atoms with van der Waals surface area (Å²) in [6, 6.07) is 14.8. The minimum absolute atomic E-state index is 0.0560. The lowest BCUT2D eigenvalue weighted by Gasteiger charge is -2.39. The third-order valence-electron chi connectivity index (χ3n) is 10.5. The number of hydrogen-bond donors (Lipinski definition) is 2. The molecule has 12 heteroatoms. The summed E-state index contributed by atoms with van der Waals surface area (Å²) in [6.45, 7) is 13.5. The van der Waals surface area contributed by atoms with Gasteiger partial charge in [0.25, 0.3) is 5.91 Å². The molecule has 1 unspecified atom stereocenters. The number of aliphatic hydroxyl groups excluding tert-OH is 1. The topological polar surface area (TPSA) is 137 Å². The third-order valence-corrected chi connectivity index (χ3v) is 13.0. The summed E-state index contributed by atoms with van der Waals surface area (Å²) in [7, 11) is -3.10. The summed E-state index contributed by atoms with van der Waals surface area (Å²) in [4.78, 5) is 70.1. The Morgan fingerprint density at radius 2 is 1.79 bits per heavy atom. The molecular weight excluding hydrogens is 679 g/mol. The standard InChI is InChI=1S/C40H53N3O8Si/c1-26(2)12-11-13-27(3)18-19-42-33-17-16-31(43-36(47)24-37(43)50-29(5)45)22-32(33)40(39(42)48)28(4)38(52(6,7)49)34(51-40)23-35(46)41(20-21-44)25-30-14-9-8-10-15-30/h8-10,12,14-18,22,28,34,37-38,44,49H,11,13,19-21,23-25H2,1-7H3/b27-18+/t28-,34+,37?,38-,40+/m1/s1. The molecule has 0 saturated carbocycles. The van der Waals surface area contributed by atoms with Crippen molar-refractivity contribution in [2.45, 2.75) is 103 Å². The quantitative estimate of drug-likeness (QED) is 0.112. The van der Waals surface area contributed by atoms with Crippen LogP contribution in [-0.4, -0.2) is 78.8 Å². The molecule has 11 nitrogen and oxygen atoms in total. The Labute approximate surface area is 308 Å². The molecule has 2 N–H and O–H groups in total. The highest BCUT2D eigenvalue weighted by molar-refractivity contribution is 6.71. The number of allylic oxidation sites excluding steroid dienone is 3. The van der Waals surface area contributed by atoms with Crippen molar-refractivity contribution in [2.75, 3.05) is 29.5 Å². The maximum Gasteiger partial charge on any atom is 0.304 e. The van der Waals surface area contributed by atoms with Crippen LogP contribution in [0.3, 0.4) is 0 Å². The average Bonchev–Trinajstić information content (AvgIpc) is 3.49. The Hall–Kier alpha value is -4.10. The van der Waals surface area contributed by atoms with Gasteiger partial charge in [-0.15, -0.1) is 0 Å². The van der Waals surface area contributed by atoms with Crippen LogP contribution >= 0.6 is 0 Å². The van der Waals surface area contributed by atoms with E-state index in [4.69, 9.17) is 9.47 Å². The van der Waals surface area contributed by atoms with E-state index in [1.165, 1.54) is 17.4 Å². The number of amides is 3. The zero-order chi connectivity index (χ0) is 38.0. The van der Waals surface area contributed by atoms with Crippen LogP contribution < -0.4 is 9.80 Å². The number of esters is 1. The molecule has 2 aromatic rings. The average molecular weight is 732 g/mol. The molecule has 0 radical (unpaired) electrons. The lowest BCUT2D eigenvalue weighted by Crippen LogP contribution is -2.55. The van der Waals surface area contributed by atoms with Crippen LogP contribution in [0.4, 0.5) is 11.4 Å². The number of aliphatic hydroxyl groups is 1. The fourth-order valence-corrected chi connectivity index (χ4v) is 10.6. The molecule has 1 spiro atoms. The van der Waals surface area contributed by atoms with E-state index >= 15 is 0 Å². The van der Waals surface area contributed by atoms with Crippen LogP contribution in [0, 0.1) is 5.92 Å². The molecule has 0 aliphatic carbocycles. The summed E-state index contributed by atoms with van der Waals surface area (Å²) in [5, 5.41) is 9.86. The van der Waals surface area contributed by atoms with Crippen LogP contribution in [0.15, 0.2) is 71.8 Å². The second-order valence-electron chi connectivity index (χ2n) is 15.1. The van der Waals surface area contributed by atoms with Gasteiger partial charge in [0.15, 0.2) is 20.1 Å². The number of carbonyl (C=O) groups excluding carboxylic acids is 4. The molecule has 5 rings (SSSR count). The maximum absolute atomic E-state index is 15.0. The zero-order valence-electron chi connectivity index (χ0n) is 31.4. The van der Waals surface area contributed by atoms with E-state index in [1.807, 2.05) is 50.3 Å². The zero-order valence-corrected chi connectivity index (χ0v) is 32.4. The number of ether oxygens (including phenoxy) is 2. The van der Waals surface area contributed by atoms with Crippen molar-refractivity contribution in [1.82, 2.24) is 4.90 Å². The Kier molecular flexibility index (Phi) is 11.9. The van der Waals surface area contributed by atoms with Gasteiger partial charge < -0.3 is 29.2 Å². The maximum atomic E-state index is 15.0. The first-order valence-electron chi connectivity index (χ1n) is 18.2. The molecule has 0 bridgehead atoms. The number of carbonyl (C=O) groups is 4. The van der Waals surface area contributed by atoms with Gasteiger partial charge in [-0.25, -0.2) is 0 Å². The summed E-state index contributed by atoms with van der Waals surface area (Å²) in [5.74, 6) is -1.81. The van der Waals surface area contributed by atoms with Crippen LogP contribution in [0.1, 0.15) is 71.4 Å². The molecule has 2 saturated heterocycles. The van der Waals surface area contributed by atoms with Gasteiger partial charge in [-0.2, -0.15) is 0 Å². The van der Waals surface area contributed by atoms with Gasteiger partial charge in [0.1, 0.15) is 0 Å². The lowest BCUT2D eigenvalue weighted by molar-refractivity contribution is -0.154. The first-order valence-corrected chi connectivity index (χ1v) is 21.2. The van der Waals surface area contributed by atoms with E-state index in [-0.39, 0.29) is 50.3 Å². The van der Waals surface area contributed by atoms with Crippen LogP contribution in [0.2, 0.25) is 18.6 Å². The van der Waals surface area contributed by atoms with Gasteiger partial charge in [0.05, 0.1) is 31.2 Å². The summed E-state index contributed by atoms with van der Waals surface area (Å²) >= 11 is 0. The molecule has 2 fully saturated rings. The Morgan fingerprint density at radius 1 is 1.08 bits per heavy atom. The lowest BCUT2D eigenvalue weighted by atomic mass is 9.82. The number of β-lactam (4-membered cyclic amide) rings is 1. The van der Waals surface area contributed by atoms with Crippen molar-refractivity contribution in [2.24, 2.45) is 5.92 Å². The van der Waals surface area contributed by atoms with E-state index in [9.17, 15) is 29.1 Å². The van der Waals surface area contributed by atoms with Crippen molar-refractivity contribution < 1.29 is 38.6 Å². The third kappa shape index (κ3) is 7.95. The summed E-state index contributed by atoms with van der Waals surface area (Å²) in [6.07, 6.45) is 4.37. The first-order chi connectivity index (χ1) is 24.6. The van der Waals surface area contributed by atoms with E-state index in [0.29, 0.717) is 23.5 Å². The molecule has 3 heterocycles. The van der Waals surface area contributed by atoms with Crippen molar-refractivity contribution >= 4 is 43.4 Å². The second-order valence-corrected chi connectivity index (χ2v) is 19.1. The molecule has 3 aliphatic heterocycles. The highest BCUT2D eigenvalue weighted by Gasteiger charge is 2.66. The largest absolute Gasteiger partial charge is 0.441 e. The number of anilines is 2. The Bertz CT molecular complexity index is 1730. The molecule has 52 heavy (non-hydrogen) atoms. The minimum atomic E-state index is -3.10. The van der Waals surface area contributed by atoms with Crippen LogP contribution in [-0.2, 0) is 40.8 Å². The number of fused-ring (bicyclic) bond motifs is 2. The van der Waals surface area contributed by atoms with Gasteiger partial charge in [0, 0.05) is 49.3 Å². The molecular formula is C40H53N3O8Si. The first kappa shape index (κ1) is 39.1. The molecule has 3 amide bonds. The highest BCUT2D eigenvalue weighted by Crippen LogP contribution is 2.60. The molecule has 3 aliphatic rings. The van der Waals surface area contributed by atoms with E-state index in [1.54, 1.807) is 41.1 Å². The number of hydrogen-bond acceptors (Lipinski definition) is 8. The van der Waals surface area contributed by atoms with E-state index < -0.39 is 43.7 Å². The van der Waals surface area contributed by atoms with Crippen molar-refractivity contribution in [3.63, 3.8) is 0 Å². The van der Waals surface area contributed by atoms with Crippen molar-refractivity contribution in [3.8, 4) is 0 Å². The van der Waals surface area contributed by atoms with E-state index in [2.05, 4.69) is 19.9 Å². The van der Waals surface area contributed by atoms with Gasteiger partial charge in [-0.3, -0.25) is 24.1 Å². The fraction of sp³-hybridized carbons (Fsp3) is 0.500. The molecule has 0 aromatic heterocycles. The Balaban J connectivity index is 1.54. The fourth-order valence-electron chi connectivity index (χ4n) is 8.04. The van der Waals surface area contributed by atoms with Gasteiger partial charge in [-0.05, 0) is 70.5 Å². The molecule has 280 valence electrons. The number of nitrogens with zero attached hydrogens (tertiary/aromatic N) is 3. The normalized spacial score (nSPS) is 24.2. The smallest absolute Gasteiger partial charge is 0.304 e. The highest BCUT2D eigenvalue weighted by atomic mass is 28.4. The Morgan fingerprint density at radius 3 is 2.40 bits per heavy atom. The van der Waals surface area contributed by atoms with Gasteiger partial charge in [0.2, 0.25) is 11.8 Å². The summed E-state index contributed by atoms with van der Waals surface area (Å²) < 4.78 is 12.3. The van der Waals surface area contributed by atoms with Gasteiger partial charge in [-0.1, -0.05) is 60.6 Å². The summed E-state index contributed by atoms with van der Waals surface area (Å²) in [5.41, 5.74) is 2.87. The predicted molar refractivity (Wildman–Crippen MR) is 202 cm³/mol. The molecule has 2 aromatic carbocycles.